The Balaban J connectivity index is 1.41. The summed E-state index contributed by atoms with van der Waals surface area (Å²) in [5.74, 6) is 1.43. The second-order valence-electron chi connectivity index (χ2n) is 8.02. The third-order valence-corrected chi connectivity index (χ3v) is 5.95. The molecule has 156 valence electrons. The van der Waals surface area contributed by atoms with Gasteiger partial charge in [-0.1, -0.05) is 12.1 Å². The van der Waals surface area contributed by atoms with Gasteiger partial charge in [0.2, 0.25) is 0 Å². The second-order valence-corrected chi connectivity index (χ2v) is 8.02. The number of ether oxygens (including phenoxy) is 1. The Morgan fingerprint density at radius 2 is 1.93 bits per heavy atom. The fraction of sp³-hybridized carbons (Fsp3) is 0.435. The standard InChI is InChI=1S/C23H28N6O/c1-2-17(15-24-7-1)16-27-23-22-21(25-8-9-26-22)14-20(28-23)18-3-5-19(6-4-18)29-10-12-30-13-11-29/h3-6,8-9,14,17,24H,1-2,7,10-13,15-16H2,(H,27,28). The molecule has 0 amide bonds. The normalized spacial score (nSPS) is 19.7. The fourth-order valence-corrected chi connectivity index (χ4v) is 4.25. The van der Waals surface area contributed by atoms with Crippen LogP contribution >= 0.6 is 0 Å². The van der Waals surface area contributed by atoms with Gasteiger partial charge in [0.15, 0.2) is 5.82 Å². The van der Waals surface area contributed by atoms with Crippen LogP contribution in [0, 0.1) is 5.92 Å². The predicted octanol–water partition coefficient (Wildman–Crippen LogP) is 2.94. The highest BCUT2D eigenvalue weighted by molar-refractivity contribution is 5.88. The average molecular weight is 405 g/mol. The Kier molecular flexibility index (Phi) is 5.72. The number of anilines is 2. The van der Waals surface area contributed by atoms with Crippen LogP contribution in [0.4, 0.5) is 11.5 Å². The zero-order chi connectivity index (χ0) is 20.2. The summed E-state index contributed by atoms with van der Waals surface area (Å²) in [7, 11) is 0. The van der Waals surface area contributed by atoms with Crippen molar-refractivity contribution in [1.82, 2.24) is 20.3 Å². The van der Waals surface area contributed by atoms with Gasteiger partial charge in [0, 0.05) is 43.3 Å². The molecule has 0 aliphatic carbocycles. The van der Waals surface area contributed by atoms with Crippen molar-refractivity contribution in [3.8, 4) is 11.3 Å². The summed E-state index contributed by atoms with van der Waals surface area (Å²) in [4.78, 5) is 16.4. The molecule has 2 aliphatic rings. The lowest BCUT2D eigenvalue weighted by Gasteiger charge is -2.28. The minimum absolute atomic E-state index is 0.615. The van der Waals surface area contributed by atoms with Crippen molar-refractivity contribution in [2.45, 2.75) is 12.8 Å². The molecule has 0 radical (unpaired) electrons. The van der Waals surface area contributed by atoms with E-state index in [2.05, 4.69) is 49.8 Å². The van der Waals surface area contributed by atoms with E-state index in [1.165, 1.54) is 18.5 Å². The number of pyridine rings is 1. The molecule has 2 N–H and O–H groups in total. The lowest BCUT2D eigenvalue weighted by Crippen LogP contribution is -2.36. The Morgan fingerprint density at radius 3 is 2.73 bits per heavy atom. The minimum atomic E-state index is 0.615. The molecule has 1 unspecified atom stereocenters. The first-order valence-corrected chi connectivity index (χ1v) is 10.9. The molecule has 1 atom stereocenters. The van der Waals surface area contributed by atoms with E-state index < -0.39 is 0 Å². The van der Waals surface area contributed by atoms with Crippen molar-refractivity contribution in [2.24, 2.45) is 5.92 Å². The van der Waals surface area contributed by atoms with Crippen molar-refractivity contribution in [2.75, 3.05) is 56.2 Å². The van der Waals surface area contributed by atoms with E-state index >= 15 is 0 Å². The largest absolute Gasteiger partial charge is 0.378 e. The molecule has 2 aliphatic heterocycles. The Bertz CT molecular complexity index is 981. The molecule has 2 saturated heterocycles. The van der Waals surface area contributed by atoms with E-state index in [1.54, 1.807) is 12.4 Å². The Hall–Kier alpha value is -2.77. The maximum atomic E-state index is 5.46. The van der Waals surface area contributed by atoms with Crippen LogP contribution in [0.25, 0.3) is 22.3 Å². The SMILES string of the molecule is c1cnc2c(NCC3CCCNC3)nc(-c3ccc(N4CCOCC4)cc3)cc2n1. The summed E-state index contributed by atoms with van der Waals surface area (Å²) in [5.41, 5.74) is 4.92. The zero-order valence-electron chi connectivity index (χ0n) is 17.2. The highest BCUT2D eigenvalue weighted by Gasteiger charge is 2.16. The van der Waals surface area contributed by atoms with Crippen molar-refractivity contribution >= 4 is 22.5 Å². The quantitative estimate of drug-likeness (QED) is 0.677. The first-order chi connectivity index (χ1) is 14.9. The molecule has 5 rings (SSSR count). The number of rotatable bonds is 5. The Morgan fingerprint density at radius 1 is 1.10 bits per heavy atom. The molecule has 2 aromatic heterocycles. The van der Waals surface area contributed by atoms with Crippen molar-refractivity contribution in [3.63, 3.8) is 0 Å². The molecule has 0 bridgehead atoms. The lowest BCUT2D eigenvalue weighted by molar-refractivity contribution is 0.122. The molecular weight excluding hydrogens is 376 g/mol. The topological polar surface area (TPSA) is 75.2 Å². The Labute approximate surface area is 176 Å². The van der Waals surface area contributed by atoms with Crippen LogP contribution in [-0.4, -0.2) is 60.9 Å². The van der Waals surface area contributed by atoms with Gasteiger partial charge >= 0.3 is 0 Å². The van der Waals surface area contributed by atoms with Gasteiger partial charge in [-0.3, -0.25) is 4.98 Å². The number of nitrogens with zero attached hydrogens (tertiary/aromatic N) is 4. The second kappa shape index (κ2) is 8.93. The minimum Gasteiger partial charge on any atom is -0.378 e. The summed E-state index contributed by atoms with van der Waals surface area (Å²) in [5, 5.41) is 7.03. The number of hydrogen-bond acceptors (Lipinski definition) is 7. The first-order valence-electron chi connectivity index (χ1n) is 10.9. The molecular formula is C23H28N6O. The third-order valence-electron chi connectivity index (χ3n) is 5.95. The van der Waals surface area contributed by atoms with Crippen LogP contribution in [0.15, 0.2) is 42.7 Å². The number of hydrogen-bond donors (Lipinski definition) is 2. The van der Waals surface area contributed by atoms with Gasteiger partial charge in [0.1, 0.15) is 5.52 Å². The number of benzene rings is 1. The van der Waals surface area contributed by atoms with Gasteiger partial charge in [-0.05, 0) is 50.0 Å². The summed E-state index contributed by atoms with van der Waals surface area (Å²) in [6.07, 6.45) is 5.94. The average Bonchev–Trinajstić information content (AvgIpc) is 2.84. The van der Waals surface area contributed by atoms with Crippen molar-refractivity contribution in [3.05, 3.63) is 42.7 Å². The van der Waals surface area contributed by atoms with Gasteiger partial charge in [-0.25, -0.2) is 9.97 Å². The van der Waals surface area contributed by atoms with Crippen LogP contribution in [0.3, 0.4) is 0 Å². The van der Waals surface area contributed by atoms with E-state index in [4.69, 9.17) is 9.72 Å². The summed E-state index contributed by atoms with van der Waals surface area (Å²) >= 11 is 0. The molecule has 7 heteroatoms. The maximum absolute atomic E-state index is 5.46. The summed E-state index contributed by atoms with van der Waals surface area (Å²) in [6, 6.07) is 10.7. The van der Waals surface area contributed by atoms with Gasteiger partial charge < -0.3 is 20.3 Å². The fourth-order valence-electron chi connectivity index (χ4n) is 4.25. The van der Waals surface area contributed by atoms with Crippen LogP contribution in [0.1, 0.15) is 12.8 Å². The van der Waals surface area contributed by atoms with Crippen LogP contribution in [0.5, 0.6) is 0 Å². The van der Waals surface area contributed by atoms with Crippen LogP contribution in [-0.2, 0) is 4.74 Å². The van der Waals surface area contributed by atoms with Crippen LogP contribution in [0.2, 0.25) is 0 Å². The predicted molar refractivity (Wildman–Crippen MR) is 120 cm³/mol. The van der Waals surface area contributed by atoms with E-state index in [-0.39, 0.29) is 0 Å². The molecule has 30 heavy (non-hydrogen) atoms. The molecule has 4 heterocycles. The monoisotopic (exact) mass is 404 g/mol. The van der Waals surface area contributed by atoms with Crippen LogP contribution < -0.4 is 15.5 Å². The van der Waals surface area contributed by atoms with Crippen molar-refractivity contribution < 1.29 is 4.74 Å². The van der Waals surface area contributed by atoms with E-state index in [0.717, 1.165) is 74.0 Å². The molecule has 7 nitrogen and oxygen atoms in total. The molecule has 3 aromatic rings. The molecule has 0 spiro atoms. The van der Waals surface area contributed by atoms with Gasteiger partial charge in [-0.2, -0.15) is 0 Å². The highest BCUT2D eigenvalue weighted by atomic mass is 16.5. The third kappa shape index (κ3) is 4.22. The lowest BCUT2D eigenvalue weighted by atomic mass is 10.00. The summed E-state index contributed by atoms with van der Waals surface area (Å²) in [6.45, 7) is 6.53. The first kappa shape index (κ1) is 19.2. The maximum Gasteiger partial charge on any atom is 0.154 e. The van der Waals surface area contributed by atoms with Gasteiger partial charge in [0.25, 0.3) is 0 Å². The van der Waals surface area contributed by atoms with E-state index in [1.807, 2.05) is 6.07 Å². The number of fused-ring (bicyclic) bond motifs is 1. The number of aromatic nitrogens is 3. The smallest absolute Gasteiger partial charge is 0.154 e. The number of morpholine rings is 1. The summed E-state index contributed by atoms with van der Waals surface area (Å²) < 4.78 is 5.46. The number of nitrogens with one attached hydrogen (secondary N) is 2. The van der Waals surface area contributed by atoms with Gasteiger partial charge in [-0.15, -0.1) is 0 Å². The van der Waals surface area contributed by atoms with E-state index in [0.29, 0.717) is 5.92 Å². The molecule has 2 fully saturated rings. The molecule has 0 saturated carbocycles. The molecule has 1 aromatic carbocycles. The van der Waals surface area contributed by atoms with Crippen molar-refractivity contribution in [1.29, 1.82) is 0 Å². The van der Waals surface area contributed by atoms with Gasteiger partial charge in [0.05, 0.1) is 24.4 Å². The zero-order valence-corrected chi connectivity index (χ0v) is 17.2. The van der Waals surface area contributed by atoms with E-state index in [9.17, 15) is 0 Å². The highest BCUT2D eigenvalue weighted by Crippen LogP contribution is 2.27. The number of piperidine rings is 1.